The summed E-state index contributed by atoms with van der Waals surface area (Å²) in [5.74, 6) is -0.368. The second kappa shape index (κ2) is 4.80. The Labute approximate surface area is 72.6 Å². The molecule has 0 spiro atoms. The van der Waals surface area contributed by atoms with Crippen LogP contribution in [-0.4, -0.2) is 11.5 Å². The maximum Gasteiger partial charge on any atom is 0.389 e. The molecule has 0 amide bonds. The first-order valence-electron chi connectivity index (χ1n) is 3.23. The third-order valence-corrected chi connectivity index (χ3v) is 2.15. The minimum Gasteiger partial charge on any atom is -0.171 e. The molecule has 0 aromatic carbocycles. The van der Waals surface area contributed by atoms with E-state index in [1.807, 2.05) is 0 Å². The molecule has 4 heteroatoms. The van der Waals surface area contributed by atoms with Gasteiger partial charge in [0.15, 0.2) is 0 Å². The Balaban J connectivity index is 3.77. The van der Waals surface area contributed by atoms with Gasteiger partial charge in [-0.2, -0.15) is 13.2 Å². The highest BCUT2D eigenvalue weighted by Crippen LogP contribution is 2.27. The Morgan fingerprint density at radius 3 is 2.27 bits per heavy atom. The maximum atomic E-state index is 11.8. The van der Waals surface area contributed by atoms with E-state index >= 15 is 0 Å². The summed E-state index contributed by atoms with van der Waals surface area (Å²) in [6.45, 7) is 3.39. The van der Waals surface area contributed by atoms with Crippen LogP contribution in [0.2, 0.25) is 0 Å². The third kappa shape index (κ3) is 6.41. The van der Waals surface area contributed by atoms with Crippen molar-refractivity contribution in [2.75, 3.05) is 5.33 Å². The van der Waals surface area contributed by atoms with Crippen molar-refractivity contribution in [3.8, 4) is 0 Å². The van der Waals surface area contributed by atoms with Gasteiger partial charge in [0.25, 0.3) is 0 Å². The highest BCUT2D eigenvalue weighted by Gasteiger charge is 2.30. The molecule has 0 aromatic heterocycles. The van der Waals surface area contributed by atoms with Gasteiger partial charge in [-0.25, -0.2) is 0 Å². The highest BCUT2D eigenvalue weighted by molar-refractivity contribution is 9.09. The fourth-order valence-corrected chi connectivity index (χ4v) is 1.26. The van der Waals surface area contributed by atoms with E-state index in [1.54, 1.807) is 0 Å². The molecule has 66 valence electrons. The van der Waals surface area contributed by atoms with Gasteiger partial charge in [0.2, 0.25) is 0 Å². The summed E-state index contributed by atoms with van der Waals surface area (Å²) >= 11 is 3.02. The lowest BCUT2D eigenvalue weighted by Crippen LogP contribution is -2.15. The van der Waals surface area contributed by atoms with Gasteiger partial charge in [-0.15, -0.1) is 6.58 Å². The molecule has 0 bridgehead atoms. The first-order chi connectivity index (χ1) is 4.99. The van der Waals surface area contributed by atoms with Crippen molar-refractivity contribution in [2.45, 2.75) is 19.0 Å². The van der Waals surface area contributed by atoms with E-state index in [0.717, 1.165) is 0 Å². The summed E-state index contributed by atoms with van der Waals surface area (Å²) < 4.78 is 35.3. The zero-order chi connectivity index (χ0) is 8.91. The molecule has 0 unspecified atom stereocenters. The predicted octanol–water partition coefficient (Wildman–Crippen LogP) is 3.53. The van der Waals surface area contributed by atoms with Crippen LogP contribution in [0, 0.1) is 5.92 Å². The van der Waals surface area contributed by atoms with Crippen LogP contribution in [0.4, 0.5) is 13.2 Å². The van der Waals surface area contributed by atoms with Crippen molar-refractivity contribution in [1.29, 1.82) is 0 Å². The molecule has 0 aliphatic heterocycles. The minimum atomic E-state index is -4.05. The van der Waals surface area contributed by atoms with Gasteiger partial charge in [-0.3, -0.25) is 0 Å². The first-order valence-corrected chi connectivity index (χ1v) is 4.35. The predicted molar refractivity (Wildman–Crippen MR) is 42.8 cm³/mol. The Morgan fingerprint density at radius 2 is 2.00 bits per heavy atom. The van der Waals surface area contributed by atoms with E-state index in [1.165, 1.54) is 6.08 Å². The summed E-state index contributed by atoms with van der Waals surface area (Å²) in [5.41, 5.74) is 0. The van der Waals surface area contributed by atoms with Crippen molar-refractivity contribution < 1.29 is 13.2 Å². The molecule has 0 aromatic rings. The second-order valence-corrected chi connectivity index (χ2v) is 3.01. The van der Waals surface area contributed by atoms with Crippen molar-refractivity contribution in [3.63, 3.8) is 0 Å². The van der Waals surface area contributed by atoms with E-state index in [-0.39, 0.29) is 5.92 Å². The van der Waals surface area contributed by atoms with Gasteiger partial charge in [-0.1, -0.05) is 22.0 Å². The second-order valence-electron chi connectivity index (χ2n) is 2.36. The molecule has 11 heavy (non-hydrogen) atoms. The largest absolute Gasteiger partial charge is 0.389 e. The molecule has 0 saturated heterocycles. The van der Waals surface area contributed by atoms with E-state index < -0.39 is 12.6 Å². The third-order valence-electron chi connectivity index (χ3n) is 1.24. The van der Waals surface area contributed by atoms with Crippen LogP contribution in [-0.2, 0) is 0 Å². The molecule has 0 N–H and O–H groups in total. The van der Waals surface area contributed by atoms with Crippen molar-refractivity contribution in [3.05, 3.63) is 12.7 Å². The molecule has 0 aliphatic rings. The molecule has 0 fully saturated rings. The number of halogens is 4. The van der Waals surface area contributed by atoms with Crippen LogP contribution in [0.5, 0.6) is 0 Å². The first kappa shape index (κ1) is 11.0. The molecule has 1 atom stereocenters. The van der Waals surface area contributed by atoms with Gasteiger partial charge in [-0.05, 0) is 12.3 Å². The van der Waals surface area contributed by atoms with Crippen molar-refractivity contribution >= 4 is 15.9 Å². The molecule has 0 heterocycles. The van der Waals surface area contributed by atoms with E-state index in [4.69, 9.17) is 0 Å². The van der Waals surface area contributed by atoms with Crippen LogP contribution in [0.3, 0.4) is 0 Å². The molecular weight excluding hydrogens is 221 g/mol. The normalized spacial score (nSPS) is 14.5. The zero-order valence-electron chi connectivity index (χ0n) is 5.99. The molecular formula is C7H10BrF3. The summed E-state index contributed by atoms with van der Waals surface area (Å²) in [6, 6.07) is 0. The topological polar surface area (TPSA) is 0 Å². The fraction of sp³-hybridized carbons (Fsp3) is 0.714. The molecule has 0 aliphatic carbocycles. The number of rotatable bonds is 4. The molecule has 0 radical (unpaired) electrons. The smallest absolute Gasteiger partial charge is 0.171 e. The minimum absolute atomic E-state index is 0.368. The lowest BCUT2D eigenvalue weighted by atomic mass is 10.0. The number of allylic oxidation sites excluding steroid dienone is 1. The Morgan fingerprint density at radius 1 is 1.45 bits per heavy atom. The monoisotopic (exact) mass is 230 g/mol. The van der Waals surface area contributed by atoms with Crippen LogP contribution >= 0.6 is 15.9 Å². The number of hydrogen-bond acceptors (Lipinski definition) is 0. The van der Waals surface area contributed by atoms with Gasteiger partial charge in [0.05, 0.1) is 0 Å². The van der Waals surface area contributed by atoms with Gasteiger partial charge >= 0.3 is 6.18 Å². The Bertz CT molecular complexity index is 119. The SMILES string of the molecule is C=CC[C@@H](CBr)CC(F)(F)F. The van der Waals surface area contributed by atoms with Crippen LogP contribution in [0.15, 0.2) is 12.7 Å². The number of alkyl halides is 4. The van der Waals surface area contributed by atoms with E-state index in [9.17, 15) is 13.2 Å². The quantitative estimate of drug-likeness (QED) is 0.512. The molecule has 0 nitrogen and oxygen atoms in total. The van der Waals surface area contributed by atoms with Gasteiger partial charge < -0.3 is 0 Å². The van der Waals surface area contributed by atoms with Gasteiger partial charge in [0, 0.05) is 11.8 Å². The average Bonchev–Trinajstić information content (AvgIpc) is 1.84. The average molecular weight is 231 g/mol. The summed E-state index contributed by atoms with van der Waals surface area (Å²) in [6.07, 6.45) is -2.87. The highest BCUT2D eigenvalue weighted by atomic mass is 79.9. The fourth-order valence-electron chi connectivity index (χ4n) is 0.764. The van der Waals surface area contributed by atoms with Crippen molar-refractivity contribution in [2.24, 2.45) is 5.92 Å². The van der Waals surface area contributed by atoms with Crippen molar-refractivity contribution in [1.82, 2.24) is 0 Å². The molecule has 0 rings (SSSR count). The van der Waals surface area contributed by atoms with E-state index in [2.05, 4.69) is 22.5 Å². The van der Waals surface area contributed by atoms with Gasteiger partial charge in [0.1, 0.15) is 0 Å². The van der Waals surface area contributed by atoms with Crippen LogP contribution in [0.1, 0.15) is 12.8 Å². The maximum absolute atomic E-state index is 11.8. The zero-order valence-corrected chi connectivity index (χ0v) is 7.58. The molecule has 0 saturated carbocycles. The lowest BCUT2D eigenvalue weighted by molar-refractivity contribution is -0.142. The lowest BCUT2D eigenvalue weighted by Gasteiger charge is -2.13. The standard InChI is InChI=1S/C7H10BrF3/c1-2-3-6(5-8)4-7(9,10)11/h2,6H,1,3-5H2/t6-/m1/s1. The van der Waals surface area contributed by atoms with Crippen LogP contribution < -0.4 is 0 Å². The number of hydrogen-bond donors (Lipinski definition) is 0. The summed E-state index contributed by atoms with van der Waals surface area (Å²) in [4.78, 5) is 0. The summed E-state index contributed by atoms with van der Waals surface area (Å²) in [7, 11) is 0. The Kier molecular flexibility index (Phi) is 4.81. The Hall–Kier alpha value is 0.01000. The van der Waals surface area contributed by atoms with Crippen LogP contribution in [0.25, 0.3) is 0 Å². The van der Waals surface area contributed by atoms with E-state index in [0.29, 0.717) is 11.8 Å². The summed E-state index contributed by atoms with van der Waals surface area (Å²) in [5, 5.41) is 0.374.